The molecule has 1 rings (SSSR count). The maximum atomic E-state index is 1.68. The summed E-state index contributed by atoms with van der Waals surface area (Å²) in [6.07, 6.45) is 1.58. The van der Waals surface area contributed by atoms with E-state index in [1.54, 1.807) is 14.7 Å². The Hall–Kier alpha value is 0.883. The number of hydrogen-bond acceptors (Lipinski definition) is 0. The third kappa shape index (κ3) is 0.429. The van der Waals surface area contributed by atoms with Crippen LogP contribution in [0.4, 0.5) is 0 Å². The van der Waals surface area contributed by atoms with Crippen molar-refractivity contribution in [1.29, 1.82) is 0 Å². The van der Waals surface area contributed by atoms with Gasteiger partial charge in [-0.15, -0.1) is 0 Å². The fraction of sp³-hybridized carbons (Fsp3) is 1.00. The second-order valence-electron chi connectivity index (χ2n) is 1.02. The summed E-state index contributed by atoms with van der Waals surface area (Å²) >= 11 is 0.336. The van der Waals surface area contributed by atoms with E-state index < -0.39 is 0 Å². The molecule has 2 radical (unpaired) electrons. The Kier molecular flexibility index (Phi) is 1.04. The quantitative estimate of drug-likeness (QED) is 0.562. The molecule has 22 valence electrons. The Balaban J connectivity index is 2.00. The molecule has 1 saturated heterocycles. The molecule has 1 heterocycles. The van der Waals surface area contributed by atoms with Crippen molar-refractivity contribution in [3.05, 3.63) is 0 Å². The van der Waals surface area contributed by atoms with Gasteiger partial charge in [0.25, 0.3) is 0 Å². The number of hydrogen-bond donors (Lipinski definition) is 0. The van der Waals surface area contributed by atoms with Crippen LogP contribution in [0.15, 0.2) is 0 Å². The van der Waals surface area contributed by atoms with Crippen LogP contribution in [0.25, 0.3) is 0 Å². The molecule has 0 amide bonds. The molecule has 4 heavy (non-hydrogen) atoms. The molecule has 0 nitrogen and oxygen atoms in total. The van der Waals surface area contributed by atoms with E-state index >= 15 is 0 Å². The van der Waals surface area contributed by atoms with Crippen molar-refractivity contribution in [2.45, 2.75) is 14.7 Å². The van der Waals surface area contributed by atoms with Crippen molar-refractivity contribution < 1.29 is 0 Å². The van der Waals surface area contributed by atoms with Gasteiger partial charge < -0.3 is 0 Å². The Morgan fingerprint density at radius 2 is 1.50 bits per heavy atom. The third-order valence-corrected chi connectivity index (χ3v) is 5.55. The number of rotatable bonds is 0. The van der Waals surface area contributed by atoms with Gasteiger partial charge in [-0.3, -0.25) is 0 Å². The van der Waals surface area contributed by atoms with Crippen LogP contribution in [0.3, 0.4) is 0 Å². The molecule has 1 fully saturated rings. The standard InChI is InChI=1S/C3H6.Bi/c1-3-2;/h1-3H2;/q;+1. The normalized spacial score (nSPS) is 24.0. The monoisotopic (exact) mass is 251 g/mol. The average Bonchev–Trinajstić information content (AvgIpc) is 0.722. The summed E-state index contributed by atoms with van der Waals surface area (Å²) in [6.45, 7) is 0. The summed E-state index contributed by atoms with van der Waals surface area (Å²) in [4.78, 5) is 0. The topological polar surface area (TPSA) is 0 Å². The van der Waals surface area contributed by atoms with Crippen LogP contribution >= 0.6 is 0 Å². The minimum absolute atomic E-state index is 0.336. The average molecular weight is 251 g/mol. The summed E-state index contributed by atoms with van der Waals surface area (Å²) in [7, 11) is 0. The van der Waals surface area contributed by atoms with Crippen LogP contribution < -0.4 is 0 Å². The second kappa shape index (κ2) is 1.35. The zero-order chi connectivity index (χ0) is 2.83. The van der Waals surface area contributed by atoms with Crippen molar-refractivity contribution in [2.75, 3.05) is 0 Å². The molecule has 0 atom stereocenters. The molecule has 0 bridgehead atoms. The van der Waals surface area contributed by atoms with E-state index in [-0.39, 0.29) is 0 Å². The molecule has 1 aliphatic heterocycles. The zero-order valence-electron chi connectivity index (χ0n) is 2.57. The fourth-order valence-electron chi connectivity index (χ4n) is 0.158. The van der Waals surface area contributed by atoms with Gasteiger partial charge in [-0.05, 0) is 0 Å². The van der Waals surface area contributed by atoms with Crippen LogP contribution in [0.5, 0.6) is 0 Å². The van der Waals surface area contributed by atoms with Gasteiger partial charge in [-0.1, -0.05) is 0 Å². The summed E-state index contributed by atoms with van der Waals surface area (Å²) in [6, 6.07) is 0. The first-order valence-corrected chi connectivity index (χ1v) is 6.55. The molecule has 1 heteroatoms. The molecule has 0 aromatic carbocycles. The van der Waals surface area contributed by atoms with Crippen LogP contribution in [0.2, 0.25) is 8.26 Å². The van der Waals surface area contributed by atoms with E-state index in [0.29, 0.717) is 23.2 Å². The molecule has 0 aromatic rings. The molecule has 1 aliphatic rings. The Morgan fingerprint density at radius 3 is 1.50 bits per heavy atom. The summed E-state index contributed by atoms with van der Waals surface area (Å²) in [5.41, 5.74) is 0. The van der Waals surface area contributed by atoms with Crippen molar-refractivity contribution >= 4 is 23.2 Å². The van der Waals surface area contributed by atoms with E-state index in [1.165, 1.54) is 0 Å². The Labute approximate surface area is 38.2 Å². The Bertz CT molecular complexity index is 11.2. The first-order chi connectivity index (χ1) is 2.00. The SMILES string of the molecule is C1[CH2][Bi+][CH2]1. The maximum absolute atomic E-state index is 1.68. The second-order valence-corrected chi connectivity index (χ2v) is 6.24. The van der Waals surface area contributed by atoms with Crippen molar-refractivity contribution in [2.24, 2.45) is 0 Å². The van der Waals surface area contributed by atoms with Gasteiger partial charge >= 0.3 is 37.9 Å². The van der Waals surface area contributed by atoms with Gasteiger partial charge in [0.1, 0.15) is 0 Å². The van der Waals surface area contributed by atoms with Gasteiger partial charge in [-0.2, -0.15) is 0 Å². The van der Waals surface area contributed by atoms with E-state index in [1.807, 2.05) is 0 Å². The van der Waals surface area contributed by atoms with Crippen molar-refractivity contribution in [3.63, 3.8) is 0 Å². The van der Waals surface area contributed by atoms with E-state index in [9.17, 15) is 0 Å². The summed E-state index contributed by atoms with van der Waals surface area (Å²) in [5, 5.41) is 0. The van der Waals surface area contributed by atoms with Crippen molar-refractivity contribution in [3.8, 4) is 0 Å². The van der Waals surface area contributed by atoms with E-state index in [2.05, 4.69) is 0 Å². The molecule has 0 saturated carbocycles. The predicted octanol–water partition coefficient (Wildman–Crippen LogP) is 0.931. The van der Waals surface area contributed by atoms with E-state index in [4.69, 9.17) is 0 Å². The van der Waals surface area contributed by atoms with Crippen LogP contribution in [-0.4, -0.2) is 23.2 Å². The molecular weight excluding hydrogens is 245 g/mol. The molecule has 0 aliphatic carbocycles. The Morgan fingerprint density at radius 1 is 1.25 bits per heavy atom. The predicted molar refractivity (Wildman–Crippen MR) is 20.0 cm³/mol. The molecule has 0 unspecified atom stereocenters. The van der Waals surface area contributed by atoms with E-state index in [0.717, 1.165) is 0 Å². The first kappa shape index (κ1) is 3.09. The molecule has 0 aromatic heterocycles. The van der Waals surface area contributed by atoms with Gasteiger partial charge in [0.2, 0.25) is 0 Å². The molecule has 0 N–H and O–H groups in total. The van der Waals surface area contributed by atoms with Gasteiger partial charge in [0.15, 0.2) is 0 Å². The first-order valence-electron chi connectivity index (χ1n) is 1.63. The van der Waals surface area contributed by atoms with Gasteiger partial charge in [-0.25, -0.2) is 0 Å². The molecular formula is C3H6Bi+. The minimum atomic E-state index is 0.336. The molecule has 0 spiro atoms. The summed E-state index contributed by atoms with van der Waals surface area (Å²) in [5.74, 6) is 0. The van der Waals surface area contributed by atoms with Crippen LogP contribution in [0.1, 0.15) is 6.42 Å². The van der Waals surface area contributed by atoms with Crippen LogP contribution in [0, 0.1) is 0 Å². The fourth-order valence-corrected chi connectivity index (χ4v) is 1.39. The zero-order valence-corrected chi connectivity index (χ0v) is 6.05. The van der Waals surface area contributed by atoms with Gasteiger partial charge in [0.05, 0.1) is 0 Å². The summed E-state index contributed by atoms with van der Waals surface area (Å²) < 4.78 is 3.36. The van der Waals surface area contributed by atoms with Crippen molar-refractivity contribution in [1.82, 2.24) is 0 Å². The third-order valence-electron chi connectivity index (χ3n) is 0.632. The van der Waals surface area contributed by atoms with Gasteiger partial charge in [0, 0.05) is 0 Å². The van der Waals surface area contributed by atoms with Crippen LogP contribution in [-0.2, 0) is 0 Å².